The highest BCUT2D eigenvalue weighted by molar-refractivity contribution is 9.10. The number of ether oxygens (including phenoxy) is 1. The van der Waals surface area contributed by atoms with Gasteiger partial charge in [-0.3, -0.25) is 4.79 Å². The van der Waals surface area contributed by atoms with E-state index in [9.17, 15) is 4.79 Å². The van der Waals surface area contributed by atoms with E-state index in [-0.39, 0.29) is 17.9 Å². The largest absolute Gasteiger partial charge is 0.496 e. The number of methoxy groups -OCH3 is 1. The number of benzene rings is 1. The van der Waals surface area contributed by atoms with Gasteiger partial charge in [-0.25, -0.2) is 0 Å². The van der Waals surface area contributed by atoms with Crippen molar-refractivity contribution >= 4 is 21.8 Å². The summed E-state index contributed by atoms with van der Waals surface area (Å²) < 4.78 is 6.32. The average molecular weight is 327 g/mol. The number of rotatable bonds is 5. The minimum atomic E-state index is 0.111. The van der Waals surface area contributed by atoms with Gasteiger partial charge < -0.3 is 15.8 Å². The monoisotopic (exact) mass is 326 g/mol. The maximum atomic E-state index is 11.8. The fourth-order valence-corrected chi connectivity index (χ4v) is 2.69. The van der Waals surface area contributed by atoms with Gasteiger partial charge in [-0.15, -0.1) is 0 Å². The van der Waals surface area contributed by atoms with Gasteiger partial charge in [0.15, 0.2) is 0 Å². The Morgan fingerprint density at radius 3 is 2.89 bits per heavy atom. The molecule has 0 radical (unpaired) electrons. The summed E-state index contributed by atoms with van der Waals surface area (Å²) in [6, 6.07) is 6.09. The quantitative estimate of drug-likeness (QED) is 0.868. The molecule has 0 aromatic heterocycles. The highest BCUT2D eigenvalue weighted by Gasteiger charge is 2.31. The van der Waals surface area contributed by atoms with Crippen molar-refractivity contribution < 1.29 is 9.53 Å². The zero-order valence-electron chi connectivity index (χ0n) is 11.0. The molecule has 104 valence electrons. The number of hydrogen-bond donors (Lipinski definition) is 2. The Hall–Kier alpha value is -1.07. The predicted molar refractivity (Wildman–Crippen MR) is 78.1 cm³/mol. The van der Waals surface area contributed by atoms with E-state index in [1.54, 1.807) is 7.11 Å². The van der Waals surface area contributed by atoms with Crippen LogP contribution in [-0.2, 0) is 11.2 Å². The minimum Gasteiger partial charge on any atom is -0.496 e. The molecule has 1 amide bonds. The molecule has 1 fully saturated rings. The van der Waals surface area contributed by atoms with Gasteiger partial charge in [0.1, 0.15) is 5.75 Å². The summed E-state index contributed by atoms with van der Waals surface area (Å²) in [6.45, 7) is 0.622. The molecule has 0 heterocycles. The SMILES string of the molecule is COc1ccc(Br)cc1CCNC(=O)C1CC(N)C1. The van der Waals surface area contributed by atoms with Gasteiger partial charge in [-0.05, 0) is 43.0 Å². The first-order valence-electron chi connectivity index (χ1n) is 6.46. The van der Waals surface area contributed by atoms with Crippen LogP contribution in [0.5, 0.6) is 5.75 Å². The maximum Gasteiger partial charge on any atom is 0.223 e. The number of carbonyl (C=O) groups is 1. The van der Waals surface area contributed by atoms with Crippen LogP contribution in [0.2, 0.25) is 0 Å². The van der Waals surface area contributed by atoms with Gasteiger partial charge in [-0.2, -0.15) is 0 Å². The molecule has 0 bridgehead atoms. The zero-order valence-corrected chi connectivity index (χ0v) is 12.6. The second-order valence-electron chi connectivity index (χ2n) is 4.93. The molecule has 3 N–H and O–H groups in total. The van der Waals surface area contributed by atoms with E-state index in [0.717, 1.165) is 35.0 Å². The zero-order chi connectivity index (χ0) is 13.8. The van der Waals surface area contributed by atoms with E-state index in [2.05, 4.69) is 21.2 Å². The molecular weight excluding hydrogens is 308 g/mol. The Kier molecular flexibility index (Phi) is 4.82. The van der Waals surface area contributed by atoms with Crippen molar-refractivity contribution in [2.75, 3.05) is 13.7 Å². The van der Waals surface area contributed by atoms with Crippen LogP contribution in [0.4, 0.5) is 0 Å². The molecule has 1 aromatic carbocycles. The molecule has 5 heteroatoms. The summed E-state index contributed by atoms with van der Waals surface area (Å²) in [5, 5.41) is 2.96. The summed E-state index contributed by atoms with van der Waals surface area (Å²) in [5.41, 5.74) is 6.76. The lowest BCUT2D eigenvalue weighted by molar-refractivity contribution is -0.127. The van der Waals surface area contributed by atoms with Crippen molar-refractivity contribution in [3.8, 4) is 5.75 Å². The molecule has 0 saturated heterocycles. The third-order valence-corrected chi connectivity index (χ3v) is 3.97. The van der Waals surface area contributed by atoms with Gasteiger partial charge in [0, 0.05) is 23.0 Å². The topological polar surface area (TPSA) is 64.3 Å². The van der Waals surface area contributed by atoms with Crippen LogP contribution >= 0.6 is 15.9 Å². The van der Waals surface area contributed by atoms with E-state index in [1.807, 2.05) is 18.2 Å². The minimum absolute atomic E-state index is 0.111. The Morgan fingerprint density at radius 1 is 1.53 bits per heavy atom. The van der Waals surface area contributed by atoms with Crippen molar-refractivity contribution in [3.05, 3.63) is 28.2 Å². The van der Waals surface area contributed by atoms with E-state index >= 15 is 0 Å². The van der Waals surface area contributed by atoms with Gasteiger partial charge in [0.25, 0.3) is 0 Å². The first kappa shape index (κ1) is 14.3. The van der Waals surface area contributed by atoms with Crippen molar-refractivity contribution in [2.45, 2.75) is 25.3 Å². The van der Waals surface area contributed by atoms with Crippen molar-refractivity contribution in [2.24, 2.45) is 11.7 Å². The van der Waals surface area contributed by atoms with Gasteiger partial charge in [0.05, 0.1) is 7.11 Å². The normalized spacial score (nSPS) is 21.6. The lowest BCUT2D eigenvalue weighted by Crippen LogP contribution is -2.45. The van der Waals surface area contributed by atoms with Crippen LogP contribution in [0.1, 0.15) is 18.4 Å². The van der Waals surface area contributed by atoms with Crippen LogP contribution in [0.3, 0.4) is 0 Å². The van der Waals surface area contributed by atoms with Crippen LogP contribution in [0, 0.1) is 5.92 Å². The Morgan fingerprint density at radius 2 is 2.26 bits per heavy atom. The lowest BCUT2D eigenvalue weighted by atomic mass is 9.80. The molecule has 0 spiro atoms. The van der Waals surface area contributed by atoms with Gasteiger partial charge in [0.2, 0.25) is 5.91 Å². The average Bonchev–Trinajstić information content (AvgIpc) is 2.35. The number of nitrogens with two attached hydrogens (primary N) is 1. The molecule has 0 atom stereocenters. The first-order chi connectivity index (χ1) is 9.10. The van der Waals surface area contributed by atoms with Crippen molar-refractivity contribution in [1.82, 2.24) is 5.32 Å². The smallest absolute Gasteiger partial charge is 0.223 e. The molecule has 19 heavy (non-hydrogen) atoms. The highest BCUT2D eigenvalue weighted by Crippen LogP contribution is 2.26. The lowest BCUT2D eigenvalue weighted by Gasteiger charge is -2.31. The van der Waals surface area contributed by atoms with E-state index < -0.39 is 0 Å². The van der Waals surface area contributed by atoms with E-state index in [1.165, 1.54) is 0 Å². The fourth-order valence-electron chi connectivity index (χ4n) is 2.28. The second kappa shape index (κ2) is 6.39. The van der Waals surface area contributed by atoms with Crippen LogP contribution in [0.25, 0.3) is 0 Å². The molecular formula is C14H19BrN2O2. The van der Waals surface area contributed by atoms with Gasteiger partial charge >= 0.3 is 0 Å². The third-order valence-electron chi connectivity index (χ3n) is 3.48. The highest BCUT2D eigenvalue weighted by atomic mass is 79.9. The van der Waals surface area contributed by atoms with Crippen LogP contribution < -0.4 is 15.8 Å². The molecule has 4 nitrogen and oxygen atoms in total. The molecule has 2 rings (SSSR count). The number of carbonyl (C=O) groups excluding carboxylic acids is 1. The fraction of sp³-hybridized carbons (Fsp3) is 0.500. The number of hydrogen-bond acceptors (Lipinski definition) is 3. The molecule has 1 saturated carbocycles. The molecule has 0 unspecified atom stereocenters. The number of halogens is 1. The maximum absolute atomic E-state index is 11.8. The molecule has 1 aromatic rings. The third kappa shape index (κ3) is 3.70. The second-order valence-corrected chi connectivity index (χ2v) is 5.84. The summed E-state index contributed by atoms with van der Waals surface area (Å²) >= 11 is 3.44. The van der Waals surface area contributed by atoms with Crippen LogP contribution in [-0.4, -0.2) is 25.6 Å². The Balaban J connectivity index is 1.82. The molecule has 1 aliphatic carbocycles. The summed E-state index contributed by atoms with van der Waals surface area (Å²) in [7, 11) is 1.65. The predicted octanol–water partition coefficient (Wildman–Crippen LogP) is 1.85. The van der Waals surface area contributed by atoms with Crippen molar-refractivity contribution in [1.29, 1.82) is 0 Å². The Labute approximate surface area is 121 Å². The Bertz CT molecular complexity index is 459. The van der Waals surface area contributed by atoms with E-state index in [0.29, 0.717) is 6.54 Å². The number of nitrogens with one attached hydrogen (secondary N) is 1. The summed E-state index contributed by atoms with van der Waals surface area (Å²) in [5.74, 6) is 1.08. The summed E-state index contributed by atoms with van der Waals surface area (Å²) in [6.07, 6.45) is 2.38. The summed E-state index contributed by atoms with van der Waals surface area (Å²) in [4.78, 5) is 11.8. The van der Waals surface area contributed by atoms with Crippen molar-refractivity contribution in [3.63, 3.8) is 0 Å². The standard InChI is InChI=1S/C14H19BrN2O2/c1-19-13-3-2-11(15)6-9(13)4-5-17-14(18)10-7-12(16)8-10/h2-3,6,10,12H,4-5,7-8,16H2,1H3,(H,17,18). The molecule has 1 aliphatic rings. The van der Waals surface area contributed by atoms with E-state index in [4.69, 9.17) is 10.5 Å². The molecule has 0 aliphatic heterocycles. The van der Waals surface area contributed by atoms with Crippen LogP contribution in [0.15, 0.2) is 22.7 Å². The first-order valence-corrected chi connectivity index (χ1v) is 7.25. The number of amides is 1. The van der Waals surface area contributed by atoms with Gasteiger partial charge in [-0.1, -0.05) is 15.9 Å².